The lowest BCUT2D eigenvalue weighted by Gasteiger charge is -2.09. The number of thiophene rings is 1. The number of benzene rings is 1. The molecule has 4 nitrogen and oxygen atoms in total. The van der Waals surface area contributed by atoms with E-state index in [2.05, 4.69) is 4.98 Å². The van der Waals surface area contributed by atoms with Gasteiger partial charge in [0.05, 0.1) is 11.4 Å². The van der Waals surface area contributed by atoms with E-state index in [0.717, 1.165) is 16.3 Å². The Morgan fingerprint density at radius 2 is 2.24 bits per heavy atom. The number of hydrogen-bond donors (Lipinski definition) is 1. The second-order valence-electron chi connectivity index (χ2n) is 4.53. The molecule has 1 aromatic carbocycles. The first-order valence-corrected chi connectivity index (χ1v) is 7.54. The minimum absolute atomic E-state index is 0.410. The molecule has 0 radical (unpaired) electrons. The van der Waals surface area contributed by atoms with Gasteiger partial charge >= 0.3 is 0 Å². The van der Waals surface area contributed by atoms with Gasteiger partial charge in [-0.1, -0.05) is 23.7 Å². The predicted octanol–water partition coefficient (Wildman–Crippen LogP) is 3.41. The number of nitrogens with two attached hydrogens (primary N) is 1. The predicted molar refractivity (Wildman–Crippen MR) is 84.6 cm³/mol. The summed E-state index contributed by atoms with van der Waals surface area (Å²) in [6.07, 6.45) is 3.67. The summed E-state index contributed by atoms with van der Waals surface area (Å²) in [5.74, 6) is 0.422. The zero-order valence-electron chi connectivity index (χ0n) is 11.0. The average Bonchev–Trinajstić information content (AvgIpc) is 3.11. The summed E-state index contributed by atoms with van der Waals surface area (Å²) in [5.41, 5.74) is 6.57. The van der Waals surface area contributed by atoms with E-state index in [1.807, 2.05) is 34.3 Å². The second kappa shape index (κ2) is 5.71. The van der Waals surface area contributed by atoms with E-state index < -0.39 is 5.91 Å². The molecule has 0 aliphatic carbocycles. The number of imidazole rings is 1. The quantitative estimate of drug-likeness (QED) is 0.801. The van der Waals surface area contributed by atoms with Gasteiger partial charge in [-0.3, -0.25) is 4.79 Å². The van der Waals surface area contributed by atoms with E-state index in [9.17, 15) is 4.79 Å². The Morgan fingerprint density at radius 3 is 2.90 bits per heavy atom. The van der Waals surface area contributed by atoms with Crippen LogP contribution in [-0.4, -0.2) is 15.5 Å². The van der Waals surface area contributed by atoms with Gasteiger partial charge in [0.25, 0.3) is 0 Å². The fourth-order valence-corrected chi connectivity index (χ4v) is 3.06. The molecule has 0 saturated heterocycles. The van der Waals surface area contributed by atoms with Gasteiger partial charge < -0.3 is 10.3 Å². The van der Waals surface area contributed by atoms with Gasteiger partial charge in [0, 0.05) is 23.0 Å². The van der Waals surface area contributed by atoms with Crippen molar-refractivity contribution in [3.8, 4) is 10.7 Å². The average molecular weight is 318 g/mol. The molecular formula is C15H12ClN3OS. The van der Waals surface area contributed by atoms with E-state index in [1.165, 1.54) is 0 Å². The number of primary amides is 1. The van der Waals surface area contributed by atoms with Gasteiger partial charge in [-0.15, -0.1) is 11.3 Å². The van der Waals surface area contributed by atoms with E-state index in [1.54, 1.807) is 29.7 Å². The highest BCUT2D eigenvalue weighted by atomic mass is 35.5. The summed E-state index contributed by atoms with van der Waals surface area (Å²) in [6, 6.07) is 9.13. The molecule has 0 saturated carbocycles. The lowest BCUT2D eigenvalue weighted by molar-refractivity contribution is 0.100. The first-order chi connectivity index (χ1) is 10.1. The summed E-state index contributed by atoms with van der Waals surface area (Å²) >= 11 is 7.87. The van der Waals surface area contributed by atoms with Crippen LogP contribution in [0.4, 0.5) is 0 Å². The Morgan fingerprint density at radius 1 is 1.38 bits per heavy atom. The van der Waals surface area contributed by atoms with Crippen molar-refractivity contribution in [2.24, 2.45) is 5.73 Å². The van der Waals surface area contributed by atoms with Crippen molar-refractivity contribution in [2.45, 2.75) is 6.54 Å². The molecule has 1 amide bonds. The molecule has 0 spiro atoms. The number of rotatable bonds is 4. The highest BCUT2D eigenvalue weighted by molar-refractivity contribution is 7.13. The molecule has 0 aliphatic heterocycles. The van der Waals surface area contributed by atoms with E-state index >= 15 is 0 Å². The number of aromatic nitrogens is 2. The maximum atomic E-state index is 11.1. The number of halogens is 1. The van der Waals surface area contributed by atoms with Crippen molar-refractivity contribution in [1.29, 1.82) is 0 Å². The third-order valence-corrected chi connectivity index (χ3v) is 4.35. The Balaban J connectivity index is 1.91. The first-order valence-electron chi connectivity index (χ1n) is 6.28. The summed E-state index contributed by atoms with van der Waals surface area (Å²) in [4.78, 5) is 16.6. The van der Waals surface area contributed by atoms with E-state index in [-0.39, 0.29) is 0 Å². The molecule has 0 fully saturated rings. The Labute approximate surface area is 130 Å². The lowest BCUT2D eigenvalue weighted by Crippen LogP contribution is -2.11. The van der Waals surface area contributed by atoms with Crippen LogP contribution in [0.3, 0.4) is 0 Å². The fraction of sp³-hybridized carbons (Fsp3) is 0.0667. The molecule has 2 N–H and O–H groups in total. The minimum atomic E-state index is -0.481. The van der Waals surface area contributed by atoms with Crippen LogP contribution in [0.5, 0.6) is 0 Å². The van der Waals surface area contributed by atoms with Crippen molar-refractivity contribution in [3.05, 3.63) is 64.3 Å². The normalized spacial score (nSPS) is 10.7. The van der Waals surface area contributed by atoms with Crippen molar-refractivity contribution < 1.29 is 4.79 Å². The maximum Gasteiger partial charge on any atom is 0.248 e. The Bertz CT molecular complexity index is 780. The third-order valence-electron chi connectivity index (χ3n) is 3.14. The molecule has 0 unspecified atom stereocenters. The number of carbonyl (C=O) groups excluding carboxylic acids is 1. The van der Waals surface area contributed by atoms with Crippen LogP contribution in [0.25, 0.3) is 10.7 Å². The van der Waals surface area contributed by atoms with Crippen LogP contribution in [0.1, 0.15) is 15.9 Å². The molecule has 2 aromatic heterocycles. The summed E-state index contributed by atoms with van der Waals surface area (Å²) in [7, 11) is 0. The van der Waals surface area contributed by atoms with Crippen LogP contribution < -0.4 is 5.73 Å². The van der Waals surface area contributed by atoms with Crippen molar-refractivity contribution in [3.63, 3.8) is 0 Å². The molecular weight excluding hydrogens is 306 g/mol. The molecule has 3 aromatic rings. The topological polar surface area (TPSA) is 60.9 Å². The van der Waals surface area contributed by atoms with Gasteiger partial charge in [0.2, 0.25) is 5.91 Å². The zero-order chi connectivity index (χ0) is 14.8. The largest absolute Gasteiger partial charge is 0.366 e. The molecule has 0 atom stereocenters. The molecule has 21 heavy (non-hydrogen) atoms. The van der Waals surface area contributed by atoms with E-state index in [4.69, 9.17) is 17.3 Å². The summed E-state index contributed by atoms with van der Waals surface area (Å²) in [6.45, 7) is 0.588. The van der Waals surface area contributed by atoms with Crippen LogP contribution >= 0.6 is 22.9 Å². The number of carbonyl (C=O) groups is 1. The molecule has 0 bridgehead atoms. The Hall–Kier alpha value is -2.11. The monoisotopic (exact) mass is 317 g/mol. The van der Waals surface area contributed by atoms with Crippen LogP contribution in [0, 0.1) is 0 Å². The highest BCUT2D eigenvalue weighted by Gasteiger charge is 2.10. The third kappa shape index (κ3) is 2.84. The van der Waals surface area contributed by atoms with Crippen molar-refractivity contribution in [2.75, 3.05) is 0 Å². The molecule has 2 heterocycles. The second-order valence-corrected chi connectivity index (χ2v) is 5.88. The maximum absolute atomic E-state index is 11.1. The highest BCUT2D eigenvalue weighted by Crippen LogP contribution is 2.25. The molecule has 6 heteroatoms. The minimum Gasteiger partial charge on any atom is -0.366 e. The van der Waals surface area contributed by atoms with Crippen LogP contribution in [-0.2, 0) is 6.54 Å². The van der Waals surface area contributed by atoms with Gasteiger partial charge in [-0.05, 0) is 29.1 Å². The SMILES string of the molecule is NC(=O)c1ccc(Cn2ccnc2-c2cccs2)c(Cl)c1. The van der Waals surface area contributed by atoms with Crippen LogP contribution in [0.2, 0.25) is 5.02 Å². The first kappa shape index (κ1) is 13.9. The van der Waals surface area contributed by atoms with E-state index in [0.29, 0.717) is 17.1 Å². The zero-order valence-corrected chi connectivity index (χ0v) is 12.6. The smallest absolute Gasteiger partial charge is 0.248 e. The standard InChI is InChI=1S/C15H12ClN3OS/c16-12-8-10(14(17)20)3-4-11(12)9-19-6-5-18-15(19)13-2-1-7-21-13/h1-8H,9H2,(H2,17,20). The van der Waals surface area contributed by atoms with Gasteiger partial charge in [0.15, 0.2) is 0 Å². The Kier molecular flexibility index (Phi) is 3.77. The van der Waals surface area contributed by atoms with Crippen molar-refractivity contribution in [1.82, 2.24) is 9.55 Å². The summed E-state index contributed by atoms with van der Waals surface area (Å²) in [5, 5.41) is 2.54. The molecule has 0 aliphatic rings. The van der Waals surface area contributed by atoms with Crippen molar-refractivity contribution >= 4 is 28.8 Å². The number of hydrogen-bond acceptors (Lipinski definition) is 3. The molecule has 106 valence electrons. The van der Waals surface area contributed by atoms with Gasteiger partial charge in [-0.2, -0.15) is 0 Å². The van der Waals surface area contributed by atoms with Gasteiger partial charge in [0.1, 0.15) is 5.82 Å². The summed E-state index contributed by atoms with van der Waals surface area (Å²) < 4.78 is 2.02. The fourth-order valence-electron chi connectivity index (χ4n) is 2.08. The molecule has 3 rings (SSSR count). The number of nitrogens with zero attached hydrogens (tertiary/aromatic N) is 2. The van der Waals surface area contributed by atoms with Gasteiger partial charge in [-0.25, -0.2) is 4.98 Å². The van der Waals surface area contributed by atoms with Crippen LogP contribution in [0.15, 0.2) is 48.1 Å². The lowest BCUT2D eigenvalue weighted by atomic mass is 10.1. The number of amides is 1.